The van der Waals surface area contributed by atoms with Gasteiger partial charge in [0, 0.05) is 88.8 Å². The standard InChI is InChI=1S/C43H52N10O7S/c1-48-36-24-29(8-9-34(36)53(42(48)58)35-10-11-37(55)46-39(35)56)50-20-18-49(19-21-50)26-27-4-2-7-32(22-27)61(59,60)51-16-12-28(13-17-51)45-41-44-25-33-38(47-41)52(40(57)43(33)14-15-43)30-5-3-6-31(54)23-30/h2,4,7-9,22,24-25,28,30-31,35,54H,3,5-6,10-21,23,26H2,1H3,(H,44,45,47)(H,46,55,56)/t30-,31?,35?/m1/s1. The first kappa shape index (κ1) is 39.9. The summed E-state index contributed by atoms with van der Waals surface area (Å²) >= 11 is 0. The molecule has 6 heterocycles. The number of amides is 3. The van der Waals surface area contributed by atoms with Crippen LogP contribution in [-0.2, 0) is 43.4 Å². The number of sulfonamides is 1. The van der Waals surface area contributed by atoms with E-state index in [1.807, 2.05) is 35.2 Å². The van der Waals surface area contributed by atoms with E-state index in [0.29, 0.717) is 56.2 Å². The third-order valence-electron chi connectivity index (χ3n) is 13.9. The number of rotatable bonds is 9. The molecule has 5 fully saturated rings. The van der Waals surface area contributed by atoms with Crippen molar-refractivity contribution in [1.29, 1.82) is 0 Å². The lowest BCUT2D eigenvalue weighted by Gasteiger charge is -2.36. The van der Waals surface area contributed by atoms with Crippen LogP contribution in [0.1, 0.15) is 81.4 Å². The molecule has 1 spiro atoms. The molecule has 322 valence electrons. The van der Waals surface area contributed by atoms with Gasteiger partial charge in [0.1, 0.15) is 11.9 Å². The van der Waals surface area contributed by atoms with E-state index >= 15 is 0 Å². The molecule has 2 aliphatic carbocycles. The van der Waals surface area contributed by atoms with Crippen LogP contribution in [0, 0.1) is 0 Å². The lowest BCUT2D eigenvalue weighted by molar-refractivity contribution is -0.135. The zero-order valence-electron chi connectivity index (χ0n) is 34.3. The first-order valence-electron chi connectivity index (χ1n) is 21.7. The van der Waals surface area contributed by atoms with Gasteiger partial charge in [0.2, 0.25) is 33.7 Å². The van der Waals surface area contributed by atoms with Gasteiger partial charge in [0.05, 0.1) is 27.4 Å². The number of aryl methyl sites for hydroxylation is 1. The maximum Gasteiger partial charge on any atom is 0.329 e. The molecule has 6 aliphatic rings. The van der Waals surface area contributed by atoms with Gasteiger partial charge in [-0.15, -0.1) is 0 Å². The van der Waals surface area contributed by atoms with E-state index in [4.69, 9.17) is 4.98 Å². The van der Waals surface area contributed by atoms with Crippen LogP contribution >= 0.6 is 0 Å². The molecule has 3 amide bonds. The number of imide groups is 1. The number of imidazole rings is 1. The smallest absolute Gasteiger partial charge is 0.329 e. The molecule has 2 saturated carbocycles. The van der Waals surface area contributed by atoms with E-state index in [2.05, 4.69) is 25.4 Å². The van der Waals surface area contributed by atoms with Crippen LogP contribution < -0.4 is 26.1 Å². The average molecular weight is 853 g/mol. The number of aliphatic hydroxyl groups excluding tert-OH is 1. The van der Waals surface area contributed by atoms with Gasteiger partial charge in [-0.1, -0.05) is 12.1 Å². The van der Waals surface area contributed by atoms with Crippen molar-refractivity contribution in [1.82, 2.24) is 33.6 Å². The number of piperidine rings is 2. The normalized spacial score (nSPS) is 25.0. The summed E-state index contributed by atoms with van der Waals surface area (Å²) in [5, 5.41) is 16.2. The number of carbonyl (C=O) groups excluding carboxylic acids is 3. The number of piperazine rings is 1. The number of aromatic nitrogens is 4. The summed E-state index contributed by atoms with van der Waals surface area (Å²) in [5.74, 6) is 0.405. The van der Waals surface area contributed by atoms with E-state index in [-0.39, 0.29) is 47.3 Å². The quantitative estimate of drug-likeness (QED) is 0.209. The van der Waals surface area contributed by atoms with Crippen LogP contribution in [-0.4, -0.2) is 117 Å². The molecule has 0 bridgehead atoms. The van der Waals surface area contributed by atoms with Gasteiger partial charge in [-0.25, -0.2) is 18.2 Å². The molecule has 2 aromatic heterocycles. The lowest BCUT2D eigenvalue weighted by atomic mass is 9.92. The molecule has 10 rings (SSSR count). The number of nitrogens with zero attached hydrogens (tertiary/aromatic N) is 8. The Morgan fingerprint density at radius 1 is 0.918 bits per heavy atom. The summed E-state index contributed by atoms with van der Waals surface area (Å²) in [6.07, 6.45) is 7.64. The Labute approximate surface area is 353 Å². The highest BCUT2D eigenvalue weighted by atomic mass is 32.2. The van der Waals surface area contributed by atoms with Crippen molar-refractivity contribution in [2.75, 3.05) is 54.4 Å². The molecule has 2 aromatic carbocycles. The second kappa shape index (κ2) is 15.3. The van der Waals surface area contributed by atoms with E-state index in [0.717, 1.165) is 80.6 Å². The molecule has 61 heavy (non-hydrogen) atoms. The Morgan fingerprint density at radius 2 is 1.70 bits per heavy atom. The summed E-state index contributed by atoms with van der Waals surface area (Å²) in [4.78, 5) is 67.4. The fourth-order valence-corrected chi connectivity index (χ4v) is 11.8. The number of aliphatic hydroxyl groups is 1. The fraction of sp³-hybridized carbons (Fsp3) is 0.535. The molecular weight excluding hydrogens is 801 g/mol. The molecule has 18 heteroatoms. The van der Waals surface area contributed by atoms with Crippen molar-refractivity contribution in [2.24, 2.45) is 7.05 Å². The molecule has 3 saturated heterocycles. The van der Waals surface area contributed by atoms with Crippen LogP contribution in [0.25, 0.3) is 11.0 Å². The summed E-state index contributed by atoms with van der Waals surface area (Å²) < 4.78 is 32.5. The lowest BCUT2D eigenvalue weighted by Crippen LogP contribution is -2.46. The largest absolute Gasteiger partial charge is 0.393 e. The molecule has 3 atom stereocenters. The minimum atomic E-state index is -3.73. The topological polar surface area (TPSA) is 195 Å². The third kappa shape index (κ3) is 7.10. The zero-order valence-corrected chi connectivity index (χ0v) is 35.1. The van der Waals surface area contributed by atoms with Crippen LogP contribution in [0.5, 0.6) is 0 Å². The van der Waals surface area contributed by atoms with Crippen LogP contribution in [0.2, 0.25) is 0 Å². The predicted molar refractivity (Wildman–Crippen MR) is 227 cm³/mol. The highest BCUT2D eigenvalue weighted by Gasteiger charge is 2.61. The summed E-state index contributed by atoms with van der Waals surface area (Å²) in [5.41, 5.74) is 3.35. The van der Waals surface area contributed by atoms with Gasteiger partial charge in [0.15, 0.2) is 0 Å². The van der Waals surface area contributed by atoms with E-state index < -0.39 is 33.5 Å². The maximum atomic E-state index is 13.9. The van der Waals surface area contributed by atoms with E-state index in [9.17, 15) is 32.7 Å². The minimum absolute atomic E-state index is 0.0285. The van der Waals surface area contributed by atoms with Crippen molar-refractivity contribution >= 4 is 56.2 Å². The number of hydrogen-bond acceptors (Lipinski definition) is 12. The van der Waals surface area contributed by atoms with Crippen LogP contribution in [0.3, 0.4) is 0 Å². The number of fused-ring (bicyclic) bond motifs is 3. The fourth-order valence-electron chi connectivity index (χ4n) is 10.3. The number of carbonyl (C=O) groups is 3. The Hall–Kier alpha value is -5.17. The molecule has 3 N–H and O–H groups in total. The molecular formula is C43H52N10O7S. The average Bonchev–Trinajstić information content (AvgIpc) is 3.98. The molecule has 4 aliphatic heterocycles. The second-order valence-corrected chi connectivity index (χ2v) is 19.7. The van der Waals surface area contributed by atoms with Gasteiger partial charge < -0.3 is 15.3 Å². The maximum absolute atomic E-state index is 13.9. The predicted octanol–water partition coefficient (Wildman–Crippen LogP) is 2.38. The highest BCUT2D eigenvalue weighted by Crippen LogP contribution is 2.57. The van der Waals surface area contributed by atoms with Gasteiger partial charge in [0.25, 0.3) is 0 Å². The van der Waals surface area contributed by atoms with E-state index in [1.54, 1.807) is 34.2 Å². The van der Waals surface area contributed by atoms with Gasteiger partial charge in [-0.3, -0.25) is 38.6 Å². The van der Waals surface area contributed by atoms with E-state index in [1.165, 1.54) is 4.57 Å². The van der Waals surface area contributed by atoms with Gasteiger partial charge >= 0.3 is 5.69 Å². The van der Waals surface area contributed by atoms with Crippen molar-refractivity contribution < 1.29 is 27.9 Å². The Bertz CT molecular complexity index is 2590. The Kier molecular flexibility index (Phi) is 10.0. The first-order chi connectivity index (χ1) is 29.4. The molecule has 0 radical (unpaired) electrons. The number of hydrogen-bond donors (Lipinski definition) is 3. The minimum Gasteiger partial charge on any atom is -0.393 e. The van der Waals surface area contributed by atoms with Crippen molar-refractivity contribution in [3.8, 4) is 0 Å². The van der Waals surface area contributed by atoms with Crippen molar-refractivity contribution in [3.63, 3.8) is 0 Å². The van der Waals surface area contributed by atoms with Gasteiger partial charge in [-0.05, 0) is 93.7 Å². The van der Waals surface area contributed by atoms with Crippen molar-refractivity contribution in [3.05, 3.63) is 70.3 Å². The first-order valence-corrected chi connectivity index (χ1v) is 23.1. The summed E-state index contributed by atoms with van der Waals surface area (Å²) in [7, 11) is -2.03. The second-order valence-electron chi connectivity index (χ2n) is 17.7. The summed E-state index contributed by atoms with van der Waals surface area (Å²) in [6, 6.07) is 12.2. The molecule has 2 unspecified atom stereocenters. The zero-order chi connectivity index (χ0) is 42.2. The summed E-state index contributed by atoms with van der Waals surface area (Å²) in [6.45, 7) is 4.33. The van der Waals surface area contributed by atoms with Gasteiger partial charge in [-0.2, -0.15) is 9.29 Å². The van der Waals surface area contributed by atoms with Crippen LogP contribution in [0.15, 0.2) is 58.4 Å². The molecule has 4 aromatic rings. The number of benzene rings is 2. The highest BCUT2D eigenvalue weighted by molar-refractivity contribution is 7.89. The Morgan fingerprint density at radius 3 is 2.44 bits per heavy atom. The van der Waals surface area contributed by atoms with Crippen molar-refractivity contribution in [2.45, 2.75) is 105 Å². The van der Waals surface area contributed by atoms with Crippen LogP contribution in [0.4, 0.5) is 17.5 Å². The third-order valence-corrected chi connectivity index (χ3v) is 15.8. The molecule has 17 nitrogen and oxygen atoms in total. The monoisotopic (exact) mass is 852 g/mol. The number of nitrogens with one attached hydrogen (secondary N) is 2. The Balaban J connectivity index is 0.747. The number of anilines is 3. The SMILES string of the molecule is Cn1c(=O)n(C2CCC(=O)NC2=O)c2ccc(N3CCN(Cc4cccc(S(=O)(=O)N5CCC(Nc6ncc7c(n6)N([C@@H]6CCCC(O)C6)C(=O)C76CC6)CC5)c4)CC3)cc21.